The van der Waals surface area contributed by atoms with Crippen LogP contribution in [0.2, 0.25) is 0 Å². The largest absolute Gasteiger partial charge is 0.489 e. The van der Waals surface area contributed by atoms with E-state index in [0.29, 0.717) is 31.4 Å². The third-order valence-electron chi connectivity index (χ3n) is 4.58. The predicted molar refractivity (Wildman–Crippen MR) is 96.2 cm³/mol. The van der Waals surface area contributed by atoms with Gasteiger partial charge >= 0.3 is 0 Å². The molecule has 24 heavy (non-hydrogen) atoms. The van der Waals surface area contributed by atoms with Crippen LogP contribution in [-0.4, -0.2) is 44.1 Å². The molecule has 0 aromatic heterocycles. The highest BCUT2D eigenvalue weighted by Crippen LogP contribution is 2.23. The average molecular weight is 359 g/mol. The number of nitrogens with zero attached hydrogens (tertiary/aromatic N) is 1. The minimum atomic E-state index is -0.375. The fourth-order valence-electron chi connectivity index (χ4n) is 2.94. The number of likely N-dealkylation sites (N-methyl/N-ethyl adjacent to an activating group) is 1. The molecule has 1 saturated heterocycles. The highest BCUT2D eigenvalue weighted by molar-refractivity contribution is 5.85. The van der Waals surface area contributed by atoms with Crippen molar-refractivity contribution in [1.82, 2.24) is 10.2 Å². The van der Waals surface area contributed by atoms with Gasteiger partial charge in [0, 0.05) is 13.5 Å². The van der Waals surface area contributed by atoms with Crippen LogP contribution in [0.25, 0.3) is 0 Å². The molecule has 1 aliphatic rings. The van der Waals surface area contributed by atoms with E-state index in [-0.39, 0.29) is 29.9 Å². The zero-order chi connectivity index (χ0) is 16.7. The van der Waals surface area contributed by atoms with E-state index in [1.807, 2.05) is 0 Å². The van der Waals surface area contributed by atoms with E-state index in [2.05, 4.69) is 12.2 Å². The highest BCUT2D eigenvalue weighted by atomic mass is 35.5. The first-order valence-electron chi connectivity index (χ1n) is 8.40. The Balaban J connectivity index is 0.00000288. The predicted octanol–water partition coefficient (Wildman–Crippen LogP) is 3.11. The summed E-state index contributed by atoms with van der Waals surface area (Å²) < 4.78 is 18.8. The van der Waals surface area contributed by atoms with Gasteiger partial charge < -0.3 is 15.0 Å². The Morgan fingerprint density at radius 1 is 1.46 bits per heavy atom. The fourth-order valence-corrected chi connectivity index (χ4v) is 2.94. The molecule has 2 atom stereocenters. The van der Waals surface area contributed by atoms with E-state index in [0.717, 1.165) is 13.1 Å². The van der Waals surface area contributed by atoms with Crippen molar-refractivity contribution in [3.8, 4) is 5.75 Å². The van der Waals surface area contributed by atoms with Gasteiger partial charge in [0.25, 0.3) is 0 Å². The van der Waals surface area contributed by atoms with E-state index < -0.39 is 0 Å². The number of rotatable bonds is 7. The van der Waals surface area contributed by atoms with Crippen LogP contribution >= 0.6 is 12.4 Å². The van der Waals surface area contributed by atoms with Gasteiger partial charge in [-0.1, -0.05) is 19.1 Å². The van der Waals surface area contributed by atoms with Crippen molar-refractivity contribution in [2.75, 3.05) is 33.3 Å². The molecular weight excluding hydrogens is 331 g/mol. The van der Waals surface area contributed by atoms with Crippen LogP contribution < -0.4 is 10.1 Å². The molecule has 2 unspecified atom stereocenters. The molecule has 1 heterocycles. The molecule has 1 amide bonds. The molecule has 0 bridgehead atoms. The van der Waals surface area contributed by atoms with Gasteiger partial charge in [-0.15, -0.1) is 12.4 Å². The van der Waals surface area contributed by atoms with Crippen molar-refractivity contribution >= 4 is 18.3 Å². The summed E-state index contributed by atoms with van der Waals surface area (Å²) in [5.74, 6) is 0.941. The Bertz CT molecular complexity index is 510. The first-order valence-corrected chi connectivity index (χ1v) is 8.40. The van der Waals surface area contributed by atoms with Gasteiger partial charge in [-0.3, -0.25) is 4.79 Å². The maximum absolute atomic E-state index is 13.4. The molecule has 0 spiro atoms. The molecule has 1 aliphatic heterocycles. The highest BCUT2D eigenvalue weighted by Gasteiger charge is 2.23. The van der Waals surface area contributed by atoms with Crippen LogP contribution in [-0.2, 0) is 4.79 Å². The average Bonchev–Trinajstić information content (AvgIpc) is 2.57. The van der Waals surface area contributed by atoms with E-state index in [1.165, 1.54) is 18.9 Å². The van der Waals surface area contributed by atoms with Gasteiger partial charge in [0.05, 0.1) is 6.54 Å². The molecular formula is C18H28ClFN2O2. The monoisotopic (exact) mass is 358 g/mol. The number of halogens is 2. The van der Waals surface area contributed by atoms with E-state index in [1.54, 1.807) is 30.1 Å². The van der Waals surface area contributed by atoms with Crippen molar-refractivity contribution in [1.29, 1.82) is 0 Å². The summed E-state index contributed by atoms with van der Waals surface area (Å²) in [5, 5.41) is 3.40. The van der Waals surface area contributed by atoms with Gasteiger partial charge in [-0.2, -0.15) is 0 Å². The van der Waals surface area contributed by atoms with E-state index >= 15 is 0 Å². The number of para-hydroxylation sites is 1. The number of hydrogen-bond acceptors (Lipinski definition) is 3. The second-order valence-electron chi connectivity index (χ2n) is 6.38. The first kappa shape index (κ1) is 20.7. The molecule has 1 N–H and O–H groups in total. The lowest BCUT2D eigenvalue weighted by molar-refractivity contribution is -0.131. The molecule has 0 saturated carbocycles. The molecule has 0 aliphatic carbocycles. The summed E-state index contributed by atoms with van der Waals surface area (Å²) in [6, 6.07) is 6.31. The van der Waals surface area contributed by atoms with Gasteiger partial charge in [0.15, 0.2) is 11.6 Å². The summed E-state index contributed by atoms with van der Waals surface area (Å²) in [6.45, 7) is 5.00. The van der Waals surface area contributed by atoms with Crippen LogP contribution in [0, 0.1) is 17.7 Å². The SMILES string of the molecule is CC(CC(=O)N(C)CCOc1ccccc1F)C1CCCNC1.Cl. The van der Waals surface area contributed by atoms with E-state index in [4.69, 9.17) is 4.74 Å². The molecule has 2 rings (SSSR count). The van der Waals surface area contributed by atoms with Gasteiger partial charge in [0.2, 0.25) is 5.91 Å². The fraction of sp³-hybridized carbons (Fsp3) is 0.611. The van der Waals surface area contributed by atoms with Gasteiger partial charge in [-0.05, 0) is 49.9 Å². The maximum Gasteiger partial charge on any atom is 0.222 e. The third-order valence-corrected chi connectivity index (χ3v) is 4.58. The summed E-state index contributed by atoms with van der Waals surface area (Å²) in [5.41, 5.74) is 0. The number of carbonyl (C=O) groups is 1. The van der Waals surface area contributed by atoms with Crippen LogP contribution in [0.3, 0.4) is 0 Å². The molecule has 6 heteroatoms. The number of nitrogens with one attached hydrogen (secondary N) is 1. The second-order valence-corrected chi connectivity index (χ2v) is 6.38. The van der Waals surface area contributed by atoms with Crippen molar-refractivity contribution in [3.63, 3.8) is 0 Å². The van der Waals surface area contributed by atoms with Crippen LogP contribution in [0.4, 0.5) is 4.39 Å². The zero-order valence-corrected chi connectivity index (χ0v) is 15.3. The lowest BCUT2D eigenvalue weighted by Gasteiger charge is -2.29. The van der Waals surface area contributed by atoms with Crippen molar-refractivity contribution in [2.24, 2.45) is 11.8 Å². The minimum absolute atomic E-state index is 0. The molecule has 0 radical (unpaired) electrons. The third kappa shape index (κ3) is 6.29. The quantitative estimate of drug-likeness (QED) is 0.814. The maximum atomic E-state index is 13.4. The zero-order valence-electron chi connectivity index (χ0n) is 14.5. The summed E-state index contributed by atoms with van der Waals surface area (Å²) >= 11 is 0. The summed E-state index contributed by atoms with van der Waals surface area (Å²) in [4.78, 5) is 14.0. The number of amides is 1. The lowest BCUT2D eigenvalue weighted by atomic mass is 9.85. The van der Waals surface area contributed by atoms with Crippen molar-refractivity contribution < 1.29 is 13.9 Å². The Morgan fingerprint density at radius 3 is 2.88 bits per heavy atom. The Labute approximate surface area is 150 Å². The summed E-state index contributed by atoms with van der Waals surface area (Å²) in [7, 11) is 1.78. The van der Waals surface area contributed by atoms with Crippen LogP contribution in [0.15, 0.2) is 24.3 Å². The smallest absolute Gasteiger partial charge is 0.222 e. The Kier molecular flexibility index (Phi) is 9.08. The summed E-state index contributed by atoms with van der Waals surface area (Å²) in [6.07, 6.45) is 2.94. The van der Waals surface area contributed by atoms with Gasteiger partial charge in [-0.25, -0.2) is 4.39 Å². The minimum Gasteiger partial charge on any atom is -0.489 e. The molecule has 1 aromatic carbocycles. The first-order chi connectivity index (χ1) is 11.1. The molecule has 4 nitrogen and oxygen atoms in total. The number of benzene rings is 1. The standard InChI is InChI=1S/C18H27FN2O2.ClH/c1-14(15-6-5-9-20-13-15)12-18(22)21(2)10-11-23-17-8-4-3-7-16(17)19;/h3-4,7-8,14-15,20H,5-6,9-13H2,1-2H3;1H. The van der Waals surface area contributed by atoms with Gasteiger partial charge in [0.1, 0.15) is 6.61 Å². The topological polar surface area (TPSA) is 41.6 Å². The second kappa shape index (κ2) is 10.5. The lowest BCUT2D eigenvalue weighted by Crippen LogP contribution is -2.37. The number of ether oxygens (including phenoxy) is 1. The Hall–Kier alpha value is -1.33. The Morgan fingerprint density at radius 2 is 2.21 bits per heavy atom. The van der Waals surface area contributed by atoms with Crippen LogP contribution in [0.5, 0.6) is 5.75 Å². The number of piperidine rings is 1. The molecule has 1 fully saturated rings. The van der Waals surface area contributed by atoms with Crippen LogP contribution in [0.1, 0.15) is 26.2 Å². The molecule has 136 valence electrons. The number of carbonyl (C=O) groups excluding carboxylic acids is 1. The van der Waals surface area contributed by atoms with Crippen molar-refractivity contribution in [2.45, 2.75) is 26.2 Å². The van der Waals surface area contributed by atoms with E-state index in [9.17, 15) is 9.18 Å². The number of hydrogen-bond donors (Lipinski definition) is 1. The van der Waals surface area contributed by atoms with Crippen molar-refractivity contribution in [3.05, 3.63) is 30.1 Å². The molecule has 1 aromatic rings. The normalized spacial score (nSPS) is 18.4.